The summed E-state index contributed by atoms with van der Waals surface area (Å²) in [5.74, 6) is 0. The molecular weight excluding hydrogens is 306 g/mol. The van der Waals surface area contributed by atoms with Crippen LogP contribution in [0.2, 0.25) is 0 Å². The van der Waals surface area contributed by atoms with E-state index < -0.39 is 0 Å². The second-order valence-corrected chi connectivity index (χ2v) is 5.48. The molecule has 0 amide bonds. The monoisotopic (exact) mass is 331 g/mol. The first-order valence-electron chi connectivity index (χ1n) is 7.10. The van der Waals surface area contributed by atoms with Gasteiger partial charge in [0.1, 0.15) is 0 Å². The minimum atomic E-state index is 0.471. The summed E-state index contributed by atoms with van der Waals surface area (Å²) in [4.78, 5) is 0. The predicted octanol–water partition coefficient (Wildman–Crippen LogP) is 2.92. The average Bonchev–Trinajstić information content (AvgIpc) is 2.69. The van der Waals surface area contributed by atoms with Crippen LogP contribution in [0.3, 0.4) is 0 Å². The summed E-state index contributed by atoms with van der Waals surface area (Å²) in [6.45, 7) is 8.78. The Bertz CT molecular complexity index is 379. The molecule has 0 saturated carbocycles. The fourth-order valence-corrected chi connectivity index (χ4v) is 2.67. The van der Waals surface area contributed by atoms with Gasteiger partial charge in [0.15, 0.2) is 0 Å². The predicted molar refractivity (Wildman–Crippen MR) is 82.6 cm³/mol. The van der Waals surface area contributed by atoms with Crippen molar-refractivity contribution in [1.82, 2.24) is 15.1 Å². The number of hydrogen-bond donors (Lipinski definition) is 1. The third-order valence-electron chi connectivity index (χ3n) is 3.35. The molecule has 0 fully saturated rings. The van der Waals surface area contributed by atoms with E-state index in [1.54, 1.807) is 0 Å². The molecule has 1 N–H and O–H groups in total. The van der Waals surface area contributed by atoms with Crippen LogP contribution in [0.25, 0.3) is 0 Å². The highest BCUT2D eigenvalue weighted by Gasteiger charge is 2.16. The molecule has 1 aromatic rings. The van der Waals surface area contributed by atoms with E-state index in [2.05, 4.69) is 38.0 Å². The Morgan fingerprint density at radius 2 is 2.16 bits per heavy atom. The van der Waals surface area contributed by atoms with Gasteiger partial charge in [-0.1, -0.05) is 0 Å². The lowest BCUT2D eigenvalue weighted by Gasteiger charge is -2.17. The first kappa shape index (κ1) is 16.7. The zero-order chi connectivity index (χ0) is 14.3. The summed E-state index contributed by atoms with van der Waals surface area (Å²) in [5, 5.41) is 7.94. The molecule has 4 nitrogen and oxygen atoms in total. The van der Waals surface area contributed by atoms with E-state index in [-0.39, 0.29) is 0 Å². The third kappa shape index (κ3) is 4.89. The van der Waals surface area contributed by atoms with Crippen molar-refractivity contribution in [3.63, 3.8) is 0 Å². The molecule has 1 heterocycles. The fourth-order valence-electron chi connectivity index (χ4n) is 2.22. The van der Waals surface area contributed by atoms with Crippen molar-refractivity contribution in [1.29, 1.82) is 0 Å². The van der Waals surface area contributed by atoms with E-state index >= 15 is 0 Å². The zero-order valence-corrected chi connectivity index (χ0v) is 14.1. The lowest BCUT2D eigenvalue weighted by Crippen LogP contribution is -2.29. The molecule has 0 spiro atoms. The van der Waals surface area contributed by atoms with Gasteiger partial charge in [-0.05, 0) is 56.6 Å². The molecule has 0 aliphatic rings. The Kier molecular flexibility index (Phi) is 7.64. The van der Waals surface area contributed by atoms with Gasteiger partial charge in [0, 0.05) is 32.2 Å². The van der Waals surface area contributed by atoms with E-state index in [0.29, 0.717) is 6.04 Å². The van der Waals surface area contributed by atoms with Crippen LogP contribution in [-0.4, -0.2) is 36.1 Å². The van der Waals surface area contributed by atoms with E-state index in [0.717, 1.165) is 49.2 Å². The van der Waals surface area contributed by atoms with Gasteiger partial charge in [0.25, 0.3) is 0 Å². The molecule has 0 aliphatic carbocycles. The zero-order valence-electron chi connectivity index (χ0n) is 12.5. The van der Waals surface area contributed by atoms with Crippen LogP contribution in [-0.2, 0) is 17.7 Å². The van der Waals surface area contributed by atoms with E-state index in [4.69, 9.17) is 4.74 Å². The number of nitrogens with zero attached hydrogens (tertiary/aromatic N) is 2. The molecule has 19 heavy (non-hydrogen) atoms. The molecular formula is C14H26BrN3O. The van der Waals surface area contributed by atoms with E-state index in [1.165, 1.54) is 5.69 Å². The summed E-state index contributed by atoms with van der Waals surface area (Å²) in [7, 11) is 2.03. The lowest BCUT2D eigenvalue weighted by molar-refractivity contribution is 0.141. The Labute approximate surface area is 125 Å². The van der Waals surface area contributed by atoms with Gasteiger partial charge >= 0.3 is 0 Å². The standard InChI is InChI=1S/C14H26BrN3O/c1-5-18-13(14(15)11(3)17-18)10-12(16-4)8-7-9-19-6-2/h12,16H,5-10H2,1-4H3. The van der Waals surface area contributed by atoms with Crippen molar-refractivity contribution in [2.24, 2.45) is 0 Å². The van der Waals surface area contributed by atoms with Gasteiger partial charge in [-0.2, -0.15) is 5.10 Å². The first-order valence-corrected chi connectivity index (χ1v) is 7.90. The summed E-state index contributed by atoms with van der Waals surface area (Å²) >= 11 is 3.66. The molecule has 1 unspecified atom stereocenters. The maximum Gasteiger partial charge on any atom is 0.0738 e. The SMILES string of the molecule is CCOCCCC(Cc1c(Br)c(C)nn1CC)NC. The van der Waals surface area contributed by atoms with Gasteiger partial charge in [-0.25, -0.2) is 0 Å². The Balaban J connectivity index is 2.59. The fraction of sp³-hybridized carbons (Fsp3) is 0.786. The number of nitrogens with one attached hydrogen (secondary N) is 1. The smallest absolute Gasteiger partial charge is 0.0738 e. The molecule has 0 radical (unpaired) electrons. The topological polar surface area (TPSA) is 39.1 Å². The highest BCUT2D eigenvalue weighted by atomic mass is 79.9. The molecule has 1 rings (SSSR count). The number of likely N-dealkylation sites (N-methyl/N-ethyl adjacent to an activating group) is 1. The van der Waals surface area contributed by atoms with Gasteiger partial charge in [-0.3, -0.25) is 4.68 Å². The Hall–Kier alpha value is -0.390. The molecule has 110 valence electrons. The number of rotatable bonds is 9. The maximum atomic E-state index is 5.40. The van der Waals surface area contributed by atoms with Crippen molar-refractivity contribution in [2.75, 3.05) is 20.3 Å². The molecule has 0 aromatic carbocycles. The van der Waals surface area contributed by atoms with Crippen LogP contribution in [0.4, 0.5) is 0 Å². The number of ether oxygens (including phenoxy) is 1. The van der Waals surface area contributed by atoms with Crippen LogP contribution in [0.5, 0.6) is 0 Å². The number of halogens is 1. The molecule has 5 heteroatoms. The molecule has 1 atom stereocenters. The summed E-state index contributed by atoms with van der Waals surface area (Å²) in [6, 6.07) is 0.471. The van der Waals surface area contributed by atoms with Crippen LogP contribution in [0.1, 0.15) is 38.1 Å². The lowest BCUT2D eigenvalue weighted by atomic mass is 10.1. The van der Waals surface area contributed by atoms with E-state index in [1.807, 2.05) is 20.9 Å². The van der Waals surface area contributed by atoms with Crippen LogP contribution in [0.15, 0.2) is 4.47 Å². The minimum Gasteiger partial charge on any atom is -0.382 e. The highest BCUT2D eigenvalue weighted by molar-refractivity contribution is 9.10. The Morgan fingerprint density at radius 1 is 1.42 bits per heavy atom. The van der Waals surface area contributed by atoms with Crippen molar-refractivity contribution in [3.8, 4) is 0 Å². The highest BCUT2D eigenvalue weighted by Crippen LogP contribution is 2.23. The summed E-state index contributed by atoms with van der Waals surface area (Å²) < 4.78 is 8.64. The van der Waals surface area contributed by atoms with Gasteiger partial charge < -0.3 is 10.1 Å². The molecule has 0 bridgehead atoms. The third-order valence-corrected chi connectivity index (χ3v) is 4.38. The second kappa shape index (κ2) is 8.72. The van der Waals surface area contributed by atoms with Crippen molar-refractivity contribution in [3.05, 3.63) is 15.9 Å². The first-order chi connectivity index (χ1) is 9.13. The Morgan fingerprint density at radius 3 is 2.74 bits per heavy atom. The molecule has 0 aliphatic heterocycles. The quantitative estimate of drug-likeness (QED) is 0.707. The van der Waals surface area contributed by atoms with Crippen LogP contribution in [0, 0.1) is 6.92 Å². The van der Waals surface area contributed by atoms with Crippen LogP contribution < -0.4 is 5.32 Å². The van der Waals surface area contributed by atoms with Gasteiger partial charge in [0.2, 0.25) is 0 Å². The van der Waals surface area contributed by atoms with E-state index in [9.17, 15) is 0 Å². The molecule has 1 aromatic heterocycles. The van der Waals surface area contributed by atoms with Crippen molar-refractivity contribution >= 4 is 15.9 Å². The second-order valence-electron chi connectivity index (χ2n) is 4.69. The van der Waals surface area contributed by atoms with Crippen LogP contribution >= 0.6 is 15.9 Å². The molecule has 0 saturated heterocycles. The van der Waals surface area contributed by atoms with Gasteiger partial charge in [-0.15, -0.1) is 0 Å². The number of aromatic nitrogens is 2. The van der Waals surface area contributed by atoms with Gasteiger partial charge in [0.05, 0.1) is 15.9 Å². The number of hydrogen-bond acceptors (Lipinski definition) is 3. The average molecular weight is 332 g/mol. The summed E-state index contributed by atoms with van der Waals surface area (Å²) in [6.07, 6.45) is 3.21. The largest absolute Gasteiger partial charge is 0.382 e. The van der Waals surface area contributed by atoms with Crippen molar-refractivity contribution in [2.45, 2.75) is 52.6 Å². The maximum absolute atomic E-state index is 5.40. The van der Waals surface area contributed by atoms with Crippen molar-refractivity contribution < 1.29 is 4.74 Å². The minimum absolute atomic E-state index is 0.471. The normalized spacial score (nSPS) is 12.9. The number of aryl methyl sites for hydroxylation is 2. The summed E-state index contributed by atoms with van der Waals surface area (Å²) in [5.41, 5.74) is 2.36.